The Morgan fingerprint density at radius 1 is 1.39 bits per heavy atom. The first-order chi connectivity index (χ1) is 8.66. The minimum atomic E-state index is -0.154. The van der Waals surface area contributed by atoms with Crippen molar-refractivity contribution in [3.63, 3.8) is 0 Å². The molecule has 6 nitrogen and oxygen atoms in total. The van der Waals surface area contributed by atoms with Gasteiger partial charge in [0.15, 0.2) is 0 Å². The quantitative estimate of drug-likeness (QED) is 0.924. The summed E-state index contributed by atoms with van der Waals surface area (Å²) in [5.41, 5.74) is 1.36. The number of tetrazole rings is 1. The first-order valence-electron chi connectivity index (χ1n) is 5.12. The van der Waals surface area contributed by atoms with Gasteiger partial charge in [-0.1, -0.05) is 22.5 Å². The maximum absolute atomic E-state index is 11.7. The van der Waals surface area contributed by atoms with Crippen LogP contribution in [-0.2, 0) is 0 Å². The maximum Gasteiger partial charge on any atom is 0.251 e. The summed E-state index contributed by atoms with van der Waals surface area (Å²) in [6, 6.07) is 6.97. The Balaban J connectivity index is 2.08. The lowest BCUT2D eigenvalue weighted by Crippen LogP contribution is -2.24. The molecule has 18 heavy (non-hydrogen) atoms. The molecule has 0 atom stereocenters. The molecule has 0 saturated heterocycles. The fourth-order valence-electron chi connectivity index (χ4n) is 1.32. The average Bonchev–Trinajstić information content (AvgIpc) is 2.90. The Kier molecular flexibility index (Phi) is 3.83. The van der Waals surface area contributed by atoms with Gasteiger partial charge in [0, 0.05) is 16.6 Å². The van der Waals surface area contributed by atoms with E-state index in [1.54, 1.807) is 24.3 Å². The summed E-state index contributed by atoms with van der Waals surface area (Å²) in [6.07, 6.45) is 1.49. The number of hydrogen-bond acceptors (Lipinski definition) is 4. The topological polar surface area (TPSA) is 72.7 Å². The molecule has 0 saturated carbocycles. The van der Waals surface area contributed by atoms with Gasteiger partial charge in [0.05, 0.1) is 5.69 Å². The third-order valence-corrected chi connectivity index (χ3v) is 2.46. The largest absolute Gasteiger partial charge is 0.347 e. The molecule has 0 fully saturated rings. The van der Waals surface area contributed by atoms with E-state index < -0.39 is 0 Å². The van der Waals surface area contributed by atoms with E-state index >= 15 is 0 Å². The molecule has 1 aromatic heterocycles. The highest BCUT2D eigenvalue weighted by Gasteiger charge is 2.05. The minimum absolute atomic E-state index is 0.154. The van der Waals surface area contributed by atoms with Gasteiger partial charge in [0.1, 0.15) is 6.33 Å². The highest BCUT2D eigenvalue weighted by Crippen LogP contribution is 2.08. The molecule has 0 unspecified atom stereocenters. The van der Waals surface area contributed by atoms with E-state index in [2.05, 4.69) is 43.4 Å². The van der Waals surface area contributed by atoms with Gasteiger partial charge in [-0.25, -0.2) is 4.68 Å². The molecule has 0 aliphatic heterocycles. The number of carbonyl (C=O) groups excluding carboxylic acids is 1. The SMILES string of the molecule is C=C(Br)CNC(=O)c1ccc(-n2cnnn2)cc1. The van der Waals surface area contributed by atoms with Crippen molar-refractivity contribution in [3.05, 3.63) is 47.2 Å². The average molecular weight is 308 g/mol. The van der Waals surface area contributed by atoms with Gasteiger partial charge in [-0.05, 0) is 34.7 Å². The fourth-order valence-corrected chi connectivity index (χ4v) is 1.46. The van der Waals surface area contributed by atoms with Crippen molar-refractivity contribution < 1.29 is 4.79 Å². The zero-order valence-corrected chi connectivity index (χ0v) is 11.0. The number of nitrogens with one attached hydrogen (secondary N) is 1. The second-order valence-corrected chi connectivity index (χ2v) is 4.62. The molecular formula is C11H10BrN5O. The third kappa shape index (κ3) is 3.01. The third-order valence-electron chi connectivity index (χ3n) is 2.18. The van der Waals surface area contributed by atoms with E-state index in [-0.39, 0.29) is 5.91 Å². The summed E-state index contributed by atoms with van der Waals surface area (Å²) < 4.78 is 2.24. The van der Waals surface area contributed by atoms with Crippen LogP contribution < -0.4 is 5.32 Å². The second kappa shape index (κ2) is 5.54. The molecule has 0 radical (unpaired) electrons. The molecule has 0 spiro atoms. The summed E-state index contributed by atoms with van der Waals surface area (Å²) in [5, 5.41) is 13.6. The van der Waals surface area contributed by atoms with Crippen molar-refractivity contribution >= 4 is 21.8 Å². The summed E-state index contributed by atoms with van der Waals surface area (Å²) in [5.74, 6) is -0.154. The number of benzene rings is 1. The second-order valence-electron chi connectivity index (χ2n) is 3.50. The Morgan fingerprint density at radius 2 is 2.11 bits per heavy atom. The van der Waals surface area contributed by atoms with E-state index in [9.17, 15) is 4.79 Å². The lowest BCUT2D eigenvalue weighted by Gasteiger charge is -2.05. The van der Waals surface area contributed by atoms with E-state index in [0.717, 1.165) is 10.2 Å². The summed E-state index contributed by atoms with van der Waals surface area (Å²) in [6.45, 7) is 4.04. The summed E-state index contributed by atoms with van der Waals surface area (Å²) >= 11 is 3.18. The minimum Gasteiger partial charge on any atom is -0.347 e. The zero-order chi connectivity index (χ0) is 13.0. The smallest absolute Gasteiger partial charge is 0.251 e. The Hall–Kier alpha value is -2.02. The fraction of sp³-hybridized carbons (Fsp3) is 0.0909. The highest BCUT2D eigenvalue weighted by atomic mass is 79.9. The standard InChI is InChI=1S/C11H10BrN5O/c1-8(12)6-13-11(18)9-2-4-10(5-3-9)17-7-14-15-16-17/h2-5,7H,1,6H2,(H,13,18). The molecule has 1 heterocycles. The highest BCUT2D eigenvalue weighted by molar-refractivity contribution is 9.11. The van der Waals surface area contributed by atoms with Crippen LogP contribution in [0.4, 0.5) is 0 Å². The van der Waals surface area contributed by atoms with E-state index in [1.807, 2.05) is 0 Å². The van der Waals surface area contributed by atoms with E-state index in [1.165, 1.54) is 11.0 Å². The first-order valence-corrected chi connectivity index (χ1v) is 5.91. The van der Waals surface area contributed by atoms with E-state index in [4.69, 9.17) is 0 Å². The van der Waals surface area contributed by atoms with Crippen molar-refractivity contribution in [2.45, 2.75) is 0 Å². The number of amides is 1. The van der Waals surface area contributed by atoms with Gasteiger partial charge in [-0.3, -0.25) is 4.79 Å². The van der Waals surface area contributed by atoms with Crippen molar-refractivity contribution in [1.82, 2.24) is 25.5 Å². The van der Waals surface area contributed by atoms with Crippen molar-refractivity contribution in [1.29, 1.82) is 0 Å². The lowest BCUT2D eigenvalue weighted by atomic mass is 10.2. The van der Waals surface area contributed by atoms with Crippen molar-refractivity contribution in [2.24, 2.45) is 0 Å². The van der Waals surface area contributed by atoms with Gasteiger partial charge >= 0.3 is 0 Å². The molecule has 0 bridgehead atoms. The molecule has 1 N–H and O–H groups in total. The van der Waals surface area contributed by atoms with Crippen LogP contribution >= 0.6 is 15.9 Å². The Labute approximate surface area is 112 Å². The number of aromatic nitrogens is 4. The number of nitrogens with zero attached hydrogens (tertiary/aromatic N) is 4. The van der Waals surface area contributed by atoms with Gasteiger partial charge in [-0.2, -0.15) is 0 Å². The van der Waals surface area contributed by atoms with Gasteiger partial charge in [0.2, 0.25) is 0 Å². The Bertz CT molecular complexity index is 549. The maximum atomic E-state index is 11.7. The van der Waals surface area contributed by atoms with Crippen LogP contribution in [0, 0.1) is 0 Å². The molecule has 7 heteroatoms. The predicted octanol–water partition coefficient (Wildman–Crippen LogP) is 1.30. The number of carbonyl (C=O) groups is 1. The number of halogens is 1. The van der Waals surface area contributed by atoms with Gasteiger partial charge < -0.3 is 5.32 Å². The molecular weight excluding hydrogens is 298 g/mol. The molecule has 0 aliphatic rings. The normalized spacial score (nSPS) is 10.1. The predicted molar refractivity (Wildman–Crippen MR) is 69.6 cm³/mol. The zero-order valence-electron chi connectivity index (χ0n) is 9.38. The lowest BCUT2D eigenvalue weighted by molar-refractivity contribution is 0.0958. The molecule has 1 aromatic carbocycles. The van der Waals surface area contributed by atoms with Crippen LogP contribution in [-0.4, -0.2) is 32.7 Å². The molecule has 1 amide bonds. The number of hydrogen-bond donors (Lipinski definition) is 1. The molecule has 2 aromatic rings. The van der Waals surface area contributed by atoms with Crippen LogP contribution in [0.15, 0.2) is 41.7 Å². The van der Waals surface area contributed by atoms with Crippen LogP contribution in [0.2, 0.25) is 0 Å². The van der Waals surface area contributed by atoms with Crippen LogP contribution in [0.25, 0.3) is 5.69 Å². The van der Waals surface area contributed by atoms with Crippen molar-refractivity contribution in [3.8, 4) is 5.69 Å². The van der Waals surface area contributed by atoms with Crippen molar-refractivity contribution in [2.75, 3.05) is 6.54 Å². The first kappa shape index (κ1) is 12.4. The molecule has 2 rings (SSSR count). The van der Waals surface area contributed by atoms with Gasteiger partial charge in [-0.15, -0.1) is 5.10 Å². The Morgan fingerprint density at radius 3 is 2.67 bits per heavy atom. The van der Waals surface area contributed by atoms with Crippen LogP contribution in [0.3, 0.4) is 0 Å². The summed E-state index contributed by atoms with van der Waals surface area (Å²) in [4.78, 5) is 11.7. The summed E-state index contributed by atoms with van der Waals surface area (Å²) in [7, 11) is 0. The van der Waals surface area contributed by atoms with E-state index in [0.29, 0.717) is 12.1 Å². The van der Waals surface area contributed by atoms with Gasteiger partial charge in [0.25, 0.3) is 5.91 Å². The number of rotatable bonds is 4. The molecule has 0 aliphatic carbocycles. The molecule has 92 valence electrons. The van der Waals surface area contributed by atoms with Crippen LogP contribution in [0.1, 0.15) is 10.4 Å². The van der Waals surface area contributed by atoms with Crippen LogP contribution in [0.5, 0.6) is 0 Å². The monoisotopic (exact) mass is 307 g/mol.